The first-order valence-electron chi connectivity index (χ1n) is 13.7. The summed E-state index contributed by atoms with van der Waals surface area (Å²) in [7, 11) is -3.46. The highest BCUT2D eigenvalue weighted by Gasteiger charge is 2.47. The Labute approximate surface area is 273 Å². The molecule has 0 bridgehead atoms. The summed E-state index contributed by atoms with van der Waals surface area (Å²) >= 11 is 12.2. The van der Waals surface area contributed by atoms with E-state index in [1.807, 2.05) is 5.10 Å². The number of nitrogens with zero attached hydrogens (tertiary/aromatic N) is 2. The van der Waals surface area contributed by atoms with Crippen LogP contribution in [0.2, 0.25) is 10.0 Å². The van der Waals surface area contributed by atoms with Gasteiger partial charge in [-0.3, -0.25) is 9.89 Å². The summed E-state index contributed by atoms with van der Waals surface area (Å²) in [6, 6.07) is 9.94. The maximum atomic E-state index is 14.8. The summed E-state index contributed by atoms with van der Waals surface area (Å²) in [6.07, 6.45) is -5.44. The van der Waals surface area contributed by atoms with Crippen LogP contribution < -0.4 is 9.47 Å². The molecule has 0 spiro atoms. The van der Waals surface area contributed by atoms with Gasteiger partial charge in [-0.1, -0.05) is 53.5 Å². The zero-order chi connectivity index (χ0) is 34.1. The van der Waals surface area contributed by atoms with Crippen LogP contribution in [0.25, 0.3) is 0 Å². The molecule has 0 aliphatic rings. The average molecular weight is 701 g/mol. The Morgan fingerprint density at radius 3 is 2.26 bits per heavy atom. The number of rotatable bonds is 11. The minimum atomic E-state index is -5.07. The Balaban J connectivity index is 2.01. The first-order chi connectivity index (χ1) is 21.5. The molecule has 0 aliphatic carbocycles. The number of hydrogen-bond donors (Lipinski definition) is 2. The number of aromatic amines is 1. The van der Waals surface area contributed by atoms with Crippen LogP contribution in [-0.4, -0.2) is 47.1 Å². The van der Waals surface area contributed by atoms with E-state index in [1.54, 1.807) is 37.3 Å². The highest BCUT2D eigenvalue weighted by Crippen LogP contribution is 2.45. The predicted molar refractivity (Wildman–Crippen MR) is 166 cm³/mol. The van der Waals surface area contributed by atoms with Crippen molar-refractivity contribution in [2.45, 2.75) is 57.3 Å². The number of halogens is 5. The Bertz CT molecular complexity index is 1870. The number of hydrogen-bond acceptors (Lipinski definition) is 6. The van der Waals surface area contributed by atoms with Crippen molar-refractivity contribution in [1.29, 1.82) is 0 Å². The Kier molecular flexibility index (Phi) is 10.3. The van der Waals surface area contributed by atoms with Crippen LogP contribution in [0.4, 0.5) is 13.2 Å². The Morgan fingerprint density at radius 1 is 1.04 bits per heavy atom. The number of H-pyrrole nitrogens is 1. The molecule has 0 radical (unpaired) electrons. The number of methoxy groups -OCH3 is 1. The largest absolute Gasteiger partial charge is 0.496 e. The molecule has 9 nitrogen and oxygen atoms in total. The van der Waals surface area contributed by atoms with Gasteiger partial charge < -0.3 is 14.6 Å². The molecule has 0 saturated carbocycles. The number of aromatic nitrogens is 2. The van der Waals surface area contributed by atoms with Crippen molar-refractivity contribution in [2.24, 2.45) is 0 Å². The third-order valence-electron chi connectivity index (χ3n) is 7.55. The van der Waals surface area contributed by atoms with Gasteiger partial charge in [0.05, 0.1) is 28.6 Å². The number of carboxylic acid groups (broad SMARTS) is 1. The van der Waals surface area contributed by atoms with E-state index >= 15 is 0 Å². The second-order valence-corrected chi connectivity index (χ2v) is 13.1. The molecule has 15 heteroatoms. The number of alkyl halides is 3. The fourth-order valence-corrected chi connectivity index (χ4v) is 7.99. The van der Waals surface area contributed by atoms with Crippen LogP contribution in [-0.2, 0) is 27.4 Å². The van der Waals surface area contributed by atoms with Crippen molar-refractivity contribution in [3.05, 3.63) is 98.2 Å². The minimum Gasteiger partial charge on any atom is -0.496 e. The first kappa shape index (κ1) is 35.1. The molecule has 0 amide bonds. The number of benzene rings is 3. The Hall–Kier alpha value is -3.78. The summed E-state index contributed by atoms with van der Waals surface area (Å²) in [4.78, 5) is 12.7. The topological polar surface area (TPSA) is 122 Å². The van der Waals surface area contributed by atoms with Crippen molar-refractivity contribution in [3.63, 3.8) is 0 Å². The van der Waals surface area contributed by atoms with Crippen molar-refractivity contribution >= 4 is 39.2 Å². The number of aliphatic carboxylic acids is 1. The molecule has 1 unspecified atom stereocenters. The predicted octanol–water partition coefficient (Wildman–Crippen LogP) is 7.91. The molecule has 3 aromatic carbocycles. The molecule has 0 fully saturated rings. The van der Waals surface area contributed by atoms with E-state index in [4.69, 9.17) is 32.7 Å². The molecule has 1 aromatic heterocycles. The number of ether oxygens (including phenoxy) is 2. The summed E-state index contributed by atoms with van der Waals surface area (Å²) in [5.41, 5.74) is -0.839. The normalized spacial score (nSPS) is 13.5. The lowest BCUT2D eigenvalue weighted by atomic mass is 10.0. The van der Waals surface area contributed by atoms with Crippen LogP contribution in [0, 0.1) is 20.8 Å². The number of sulfonamides is 1. The molecule has 0 aliphatic heterocycles. The number of nitrogens with one attached hydrogen (secondary N) is 1. The number of carboxylic acids is 1. The first-order valence-corrected chi connectivity index (χ1v) is 15.9. The molecule has 2 N–H and O–H groups in total. The fraction of sp³-hybridized carbons (Fsp3) is 0.290. The van der Waals surface area contributed by atoms with Gasteiger partial charge in [0.25, 0.3) is 0 Å². The van der Waals surface area contributed by atoms with Gasteiger partial charge >= 0.3 is 12.1 Å². The molecule has 0 saturated heterocycles. The van der Waals surface area contributed by atoms with Gasteiger partial charge in [0.15, 0.2) is 0 Å². The van der Waals surface area contributed by atoms with Gasteiger partial charge in [-0.05, 0) is 80.6 Å². The standard InChI is InChI=1S/C31H30Cl2F3N3O6S/c1-16-13-25(44-5)17(2)18(3)27(16)46(42,43)39(23(30(40)41)14-20-9-7-6-8-10-20)19(4)26-28(31(34,35)36)37-38-29(26)45-24-12-11-21(32)15-22(24)33/h6-13,15,19,23H,14H2,1-5H3,(H,37,38)(H,40,41)/t19?,23-/m0/s1. The lowest BCUT2D eigenvalue weighted by molar-refractivity contribution is -0.143. The van der Waals surface area contributed by atoms with E-state index in [2.05, 4.69) is 5.10 Å². The van der Waals surface area contributed by atoms with E-state index in [0.717, 1.165) is 6.92 Å². The molecule has 1 heterocycles. The van der Waals surface area contributed by atoms with Crippen LogP contribution >= 0.6 is 23.2 Å². The zero-order valence-electron chi connectivity index (χ0n) is 25.2. The SMILES string of the molecule is COc1cc(C)c(S(=O)(=O)N(C(C)c2c(Oc3ccc(Cl)cc3Cl)n[nH]c2C(F)(F)F)[C@@H](Cc2ccccc2)C(=O)O)c(C)c1C. The highest BCUT2D eigenvalue weighted by molar-refractivity contribution is 7.89. The smallest absolute Gasteiger partial charge is 0.433 e. The van der Waals surface area contributed by atoms with Crippen LogP contribution in [0.5, 0.6) is 17.4 Å². The maximum absolute atomic E-state index is 14.8. The van der Waals surface area contributed by atoms with Crippen molar-refractivity contribution in [2.75, 3.05) is 7.11 Å². The third-order valence-corrected chi connectivity index (χ3v) is 10.4. The average Bonchev–Trinajstić information content (AvgIpc) is 3.40. The van der Waals surface area contributed by atoms with E-state index in [-0.39, 0.29) is 38.2 Å². The van der Waals surface area contributed by atoms with Gasteiger partial charge in [0.1, 0.15) is 23.2 Å². The number of aryl methyl sites for hydroxylation is 1. The van der Waals surface area contributed by atoms with Crippen molar-refractivity contribution in [1.82, 2.24) is 14.5 Å². The number of carbonyl (C=O) groups is 1. The monoisotopic (exact) mass is 699 g/mol. The summed E-state index contributed by atoms with van der Waals surface area (Å²) in [5, 5.41) is 16.3. The van der Waals surface area contributed by atoms with Gasteiger partial charge in [-0.15, -0.1) is 5.10 Å². The second kappa shape index (κ2) is 13.5. The Morgan fingerprint density at radius 2 is 1.70 bits per heavy atom. The minimum absolute atomic E-state index is 0.0559. The van der Waals surface area contributed by atoms with E-state index in [0.29, 0.717) is 21.2 Å². The van der Waals surface area contributed by atoms with Crippen molar-refractivity contribution in [3.8, 4) is 17.4 Å². The summed E-state index contributed by atoms with van der Waals surface area (Å²) in [5.74, 6) is -1.98. The van der Waals surface area contributed by atoms with Crippen LogP contribution in [0.1, 0.15) is 46.5 Å². The molecular formula is C31H30Cl2F3N3O6S. The van der Waals surface area contributed by atoms with E-state index in [1.165, 1.54) is 45.2 Å². The highest BCUT2D eigenvalue weighted by atomic mass is 35.5. The van der Waals surface area contributed by atoms with Gasteiger partial charge in [-0.2, -0.15) is 17.5 Å². The zero-order valence-corrected chi connectivity index (χ0v) is 27.6. The summed E-state index contributed by atoms with van der Waals surface area (Å²) in [6.45, 7) is 5.78. The van der Waals surface area contributed by atoms with Crippen LogP contribution in [0.3, 0.4) is 0 Å². The maximum Gasteiger partial charge on any atom is 0.433 e. The summed E-state index contributed by atoms with van der Waals surface area (Å²) < 4.78 is 84.6. The van der Waals surface area contributed by atoms with Gasteiger partial charge in [0, 0.05) is 5.02 Å². The lowest BCUT2D eigenvalue weighted by Crippen LogP contribution is -2.48. The fourth-order valence-electron chi connectivity index (χ4n) is 5.31. The van der Waals surface area contributed by atoms with Crippen LogP contribution in [0.15, 0.2) is 59.5 Å². The van der Waals surface area contributed by atoms with Gasteiger partial charge in [0.2, 0.25) is 15.9 Å². The third kappa shape index (κ3) is 6.97. The molecule has 46 heavy (non-hydrogen) atoms. The second-order valence-electron chi connectivity index (χ2n) is 10.5. The molecule has 4 aromatic rings. The quantitative estimate of drug-likeness (QED) is 0.163. The van der Waals surface area contributed by atoms with Crippen molar-refractivity contribution < 1.29 is 41.0 Å². The van der Waals surface area contributed by atoms with Gasteiger partial charge in [-0.25, -0.2) is 8.42 Å². The molecule has 246 valence electrons. The van der Waals surface area contributed by atoms with E-state index < -0.39 is 51.4 Å². The van der Waals surface area contributed by atoms with E-state index in [9.17, 15) is 31.5 Å². The lowest BCUT2D eigenvalue weighted by Gasteiger charge is -2.35. The molecule has 4 rings (SSSR count). The molecular weight excluding hydrogens is 670 g/mol. The molecule has 2 atom stereocenters.